The van der Waals surface area contributed by atoms with Crippen molar-refractivity contribution in [2.75, 3.05) is 20.7 Å². The maximum atomic E-state index is 12.9. The molecule has 33 heavy (non-hydrogen) atoms. The van der Waals surface area contributed by atoms with E-state index in [0.717, 1.165) is 5.56 Å². The van der Waals surface area contributed by atoms with E-state index in [1.54, 1.807) is 62.6 Å². The number of benzene rings is 3. The number of hydrogen-bond acceptors (Lipinski definition) is 4. The van der Waals surface area contributed by atoms with Gasteiger partial charge in [-0.3, -0.25) is 15.0 Å². The number of carbonyl (C=O) groups is 2. The van der Waals surface area contributed by atoms with Crippen LogP contribution in [0.25, 0.3) is 0 Å². The molecule has 3 aromatic carbocycles. The van der Waals surface area contributed by atoms with Crippen molar-refractivity contribution in [2.45, 2.75) is 12.5 Å². The van der Waals surface area contributed by atoms with Crippen molar-refractivity contribution in [3.8, 4) is 5.75 Å². The molecule has 0 saturated carbocycles. The maximum Gasteiger partial charge on any atom is 0.253 e. The lowest BCUT2D eigenvalue weighted by atomic mass is 10.1. The summed E-state index contributed by atoms with van der Waals surface area (Å²) in [7, 11) is 3.37. The van der Waals surface area contributed by atoms with E-state index in [-0.39, 0.29) is 30.3 Å². The average Bonchev–Trinajstić information content (AvgIpc) is 2.83. The van der Waals surface area contributed by atoms with E-state index in [0.29, 0.717) is 28.9 Å². The molecular formula is C26H28N4O3. The molecule has 3 aromatic rings. The first-order chi connectivity index (χ1) is 15.8. The Labute approximate surface area is 193 Å². The van der Waals surface area contributed by atoms with E-state index in [2.05, 4.69) is 5.32 Å². The summed E-state index contributed by atoms with van der Waals surface area (Å²) in [6.45, 7) is 0.235. The number of nitrogens with zero attached hydrogens (tertiary/aromatic N) is 1. The zero-order valence-corrected chi connectivity index (χ0v) is 18.7. The van der Waals surface area contributed by atoms with Crippen LogP contribution in [-0.2, 0) is 6.42 Å². The fraction of sp³-hybridized carbons (Fsp3) is 0.192. The van der Waals surface area contributed by atoms with Gasteiger partial charge in [-0.2, -0.15) is 0 Å². The second-order valence-corrected chi connectivity index (χ2v) is 7.89. The Morgan fingerprint density at radius 1 is 0.939 bits per heavy atom. The van der Waals surface area contributed by atoms with Gasteiger partial charge in [-0.15, -0.1) is 0 Å². The van der Waals surface area contributed by atoms with Crippen LogP contribution in [0.15, 0.2) is 78.9 Å². The summed E-state index contributed by atoms with van der Waals surface area (Å²) in [4.78, 5) is 26.5. The third-order valence-electron chi connectivity index (χ3n) is 5.06. The van der Waals surface area contributed by atoms with E-state index >= 15 is 0 Å². The summed E-state index contributed by atoms with van der Waals surface area (Å²) >= 11 is 0. The van der Waals surface area contributed by atoms with Gasteiger partial charge >= 0.3 is 0 Å². The molecule has 3 rings (SSSR count). The molecule has 0 fully saturated rings. The van der Waals surface area contributed by atoms with E-state index in [1.165, 1.54) is 4.90 Å². The Kier molecular flexibility index (Phi) is 7.81. The van der Waals surface area contributed by atoms with E-state index in [1.807, 2.05) is 30.3 Å². The molecule has 0 bridgehead atoms. The Bertz CT molecular complexity index is 1110. The smallest absolute Gasteiger partial charge is 0.253 e. The number of amides is 2. The molecule has 0 aliphatic rings. The lowest BCUT2D eigenvalue weighted by Crippen LogP contribution is -2.40. The van der Waals surface area contributed by atoms with Crippen LogP contribution in [0.5, 0.6) is 5.75 Å². The van der Waals surface area contributed by atoms with Crippen molar-refractivity contribution >= 4 is 17.6 Å². The molecule has 7 heteroatoms. The van der Waals surface area contributed by atoms with Crippen LogP contribution in [0.3, 0.4) is 0 Å². The Morgan fingerprint density at radius 2 is 1.61 bits per heavy atom. The van der Waals surface area contributed by atoms with Gasteiger partial charge in [-0.25, -0.2) is 0 Å². The average molecular weight is 445 g/mol. The van der Waals surface area contributed by atoms with Gasteiger partial charge in [0.2, 0.25) is 0 Å². The molecule has 0 aliphatic heterocycles. The van der Waals surface area contributed by atoms with Crippen molar-refractivity contribution in [3.63, 3.8) is 0 Å². The predicted octanol–water partition coefficient (Wildman–Crippen LogP) is 3.09. The normalized spacial score (nSPS) is 11.3. The van der Waals surface area contributed by atoms with Gasteiger partial charge in [0, 0.05) is 30.8 Å². The van der Waals surface area contributed by atoms with Crippen LogP contribution in [0.2, 0.25) is 0 Å². The van der Waals surface area contributed by atoms with Gasteiger partial charge in [-0.1, -0.05) is 42.5 Å². The molecule has 4 N–H and O–H groups in total. The number of nitrogen functional groups attached to an aromatic ring is 1. The summed E-state index contributed by atoms with van der Waals surface area (Å²) in [5, 5.41) is 10.6. The van der Waals surface area contributed by atoms with Crippen molar-refractivity contribution in [3.05, 3.63) is 101 Å². The molecule has 0 unspecified atom stereocenters. The van der Waals surface area contributed by atoms with Crippen LogP contribution in [0.4, 0.5) is 0 Å². The molecule has 0 aromatic heterocycles. The summed E-state index contributed by atoms with van der Waals surface area (Å²) < 4.78 is 5.93. The van der Waals surface area contributed by atoms with Gasteiger partial charge in [0.1, 0.15) is 18.2 Å². The second-order valence-electron chi connectivity index (χ2n) is 7.89. The first kappa shape index (κ1) is 23.5. The number of carbonyl (C=O) groups excluding carboxylic acids is 2. The van der Waals surface area contributed by atoms with Crippen LogP contribution in [0.1, 0.15) is 31.8 Å². The number of amidine groups is 1. The Balaban J connectivity index is 1.72. The van der Waals surface area contributed by atoms with Gasteiger partial charge in [0.15, 0.2) is 0 Å². The summed E-state index contributed by atoms with van der Waals surface area (Å²) in [5.41, 5.74) is 8.18. The molecular weight excluding hydrogens is 416 g/mol. The standard InChI is InChI=1S/C26H28N4O3/c1-30(2)26(32)20-13-11-19(12-14-20)25(31)29-22(15-18-7-4-3-5-8-18)17-33-23-10-6-9-21(16-23)24(27)28/h3-14,16,22H,15,17H2,1-2H3,(H3,27,28)(H,29,31)/t22-/m1/s1. The van der Waals surface area contributed by atoms with Crippen LogP contribution >= 0.6 is 0 Å². The highest BCUT2D eigenvalue weighted by atomic mass is 16.5. The minimum Gasteiger partial charge on any atom is -0.491 e. The van der Waals surface area contributed by atoms with Gasteiger partial charge in [0.25, 0.3) is 11.8 Å². The molecule has 0 saturated heterocycles. The highest BCUT2D eigenvalue weighted by Crippen LogP contribution is 2.15. The summed E-state index contributed by atoms with van der Waals surface area (Å²) in [6, 6.07) is 23.1. The third kappa shape index (κ3) is 6.67. The van der Waals surface area contributed by atoms with Gasteiger partial charge in [-0.05, 0) is 48.4 Å². The van der Waals surface area contributed by atoms with Crippen LogP contribution < -0.4 is 15.8 Å². The SMILES string of the molecule is CN(C)C(=O)c1ccc(C(=O)N[C@@H](COc2cccc(C(=N)N)c2)Cc2ccccc2)cc1. The molecule has 1 atom stereocenters. The third-order valence-corrected chi connectivity index (χ3v) is 5.06. The number of hydrogen-bond donors (Lipinski definition) is 3. The second kappa shape index (κ2) is 10.9. The monoisotopic (exact) mass is 444 g/mol. The molecule has 7 nitrogen and oxygen atoms in total. The van der Waals surface area contributed by atoms with Gasteiger partial charge in [0.05, 0.1) is 6.04 Å². The minimum absolute atomic E-state index is 0.0363. The lowest BCUT2D eigenvalue weighted by Gasteiger charge is -2.20. The first-order valence-electron chi connectivity index (χ1n) is 10.6. The topological polar surface area (TPSA) is 109 Å². The molecule has 2 amide bonds. The summed E-state index contributed by atoms with van der Waals surface area (Å²) in [6.07, 6.45) is 0.580. The minimum atomic E-state index is -0.302. The van der Waals surface area contributed by atoms with E-state index in [4.69, 9.17) is 15.9 Å². The van der Waals surface area contributed by atoms with Crippen molar-refractivity contribution in [2.24, 2.45) is 5.73 Å². The van der Waals surface area contributed by atoms with Crippen LogP contribution in [-0.4, -0.2) is 49.3 Å². The zero-order chi connectivity index (χ0) is 23.8. The summed E-state index contributed by atoms with van der Waals surface area (Å²) in [5.74, 6) is 0.165. The maximum absolute atomic E-state index is 12.9. The zero-order valence-electron chi connectivity index (χ0n) is 18.7. The van der Waals surface area contributed by atoms with Crippen LogP contribution in [0, 0.1) is 5.41 Å². The van der Waals surface area contributed by atoms with Crippen molar-refractivity contribution in [1.29, 1.82) is 5.41 Å². The molecule has 0 spiro atoms. The van der Waals surface area contributed by atoms with Crippen molar-refractivity contribution < 1.29 is 14.3 Å². The predicted molar refractivity (Wildman–Crippen MR) is 129 cm³/mol. The fourth-order valence-corrected chi connectivity index (χ4v) is 3.29. The highest BCUT2D eigenvalue weighted by Gasteiger charge is 2.17. The number of ether oxygens (including phenoxy) is 1. The first-order valence-corrected chi connectivity index (χ1v) is 10.6. The fourth-order valence-electron chi connectivity index (χ4n) is 3.29. The Morgan fingerprint density at radius 3 is 2.24 bits per heavy atom. The van der Waals surface area contributed by atoms with E-state index in [9.17, 15) is 9.59 Å². The molecule has 170 valence electrons. The molecule has 0 aliphatic carbocycles. The largest absolute Gasteiger partial charge is 0.491 e. The van der Waals surface area contributed by atoms with Crippen molar-refractivity contribution in [1.82, 2.24) is 10.2 Å². The highest BCUT2D eigenvalue weighted by molar-refractivity contribution is 5.98. The quantitative estimate of drug-likeness (QED) is 0.348. The number of nitrogens with two attached hydrogens (primary N) is 1. The molecule has 0 radical (unpaired) electrons. The Hall–Kier alpha value is -4.13. The lowest BCUT2D eigenvalue weighted by molar-refractivity contribution is 0.0826. The number of rotatable bonds is 9. The van der Waals surface area contributed by atoms with E-state index < -0.39 is 0 Å². The molecule has 0 heterocycles. The number of nitrogens with one attached hydrogen (secondary N) is 2. The van der Waals surface area contributed by atoms with Gasteiger partial charge < -0.3 is 20.7 Å².